The van der Waals surface area contributed by atoms with Crippen LogP contribution in [0.5, 0.6) is 0 Å². The number of hydrogen-bond donors (Lipinski definition) is 1. The number of benzene rings is 1. The molecule has 0 radical (unpaired) electrons. The van der Waals surface area contributed by atoms with Crippen molar-refractivity contribution in [2.45, 2.75) is 40.0 Å². The highest BCUT2D eigenvalue weighted by atomic mass is 127. The zero-order valence-corrected chi connectivity index (χ0v) is 13.5. The predicted molar refractivity (Wildman–Crippen MR) is 86.0 cm³/mol. The minimum Gasteiger partial charge on any atom is -0.358 e. The van der Waals surface area contributed by atoms with Crippen molar-refractivity contribution in [2.24, 2.45) is 11.3 Å². The van der Waals surface area contributed by atoms with E-state index in [1.807, 2.05) is 0 Å². The van der Waals surface area contributed by atoms with Crippen molar-refractivity contribution in [3.05, 3.63) is 33.0 Å². The highest BCUT2D eigenvalue weighted by Gasteiger charge is 2.30. The van der Waals surface area contributed by atoms with Crippen LogP contribution in [0.4, 0.5) is 0 Å². The molecule has 1 aliphatic carbocycles. The van der Waals surface area contributed by atoms with Crippen molar-refractivity contribution in [3.8, 4) is 0 Å². The Morgan fingerprint density at radius 2 is 2.06 bits per heavy atom. The van der Waals surface area contributed by atoms with Crippen LogP contribution in [0.3, 0.4) is 0 Å². The number of aromatic nitrogens is 1. The molecule has 0 saturated heterocycles. The fourth-order valence-electron chi connectivity index (χ4n) is 3.13. The van der Waals surface area contributed by atoms with Crippen molar-refractivity contribution in [3.63, 3.8) is 0 Å². The molecule has 2 heteroatoms. The van der Waals surface area contributed by atoms with Gasteiger partial charge in [0, 0.05) is 20.2 Å². The van der Waals surface area contributed by atoms with Gasteiger partial charge in [-0.25, -0.2) is 0 Å². The number of H-pyrrole nitrogens is 1. The van der Waals surface area contributed by atoms with Crippen LogP contribution in [0.1, 0.15) is 38.4 Å². The first-order valence-corrected chi connectivity index (χ1v) is 7.82. The lowest BCUT2D eigenvalue weighted by Gasteiger charge is -2.34. The number of rotatable bonds is 0. The van der Waals surface area contributed by atoms with Gasteiger partial charge in [0.05, 0.1) is 0 Å². The van der Waals surface area contributed by atoms with Crippen LogP contribution in [0, 0.1) is 14.9 Å². The van der Waals surface area contributed by atoms with E-state index in [-0.39, 0.29) is 0 Å². The molecule has 3 rings (SSSR count). The van der Waals surface area contributed by atoms with Gasteiger partial charge in [0.1, 0.15) is 0 Å². The maximum absolute atomic E-state index is 3.61. The van der Waals surface area contributed by atoms with Gasteiger partial charge in [-0.05, 0) is 76.9 Å². The molecule has 0 amide bonds. The summed E-state index contributed by atoms with van der Waals surface area (Å²) in [4.78, 5) is 3.61. The van der Waals surface area contributed by atoms with Crippen LogP contribution < -0.4 is 0 Å². The summed E-state index contributed by atoms with van der Waals surface area (Å²) in [5, 5.41) is 1.45. The Hall–Kier alpha value is -0.510. The Labute approximate surface area is 122 Å². The lowest BCUT2D eigenvalue weighted by atomic mass is 9.71. The highest BCUT2D eigenvalue weighted by molar-refractivity contribution is 14.1. The highest BCUT2D eigenvalue weighted by Crippen LogP contribution is 2.39. The Balaban J connectivity index is 2.08. The predicted octanol–water partition coefficient (Wildman–Crippen LogP) is 4.92. The fraction of sp³-hybridized carbons (Fsp3) is 0.500. The third-order valence-corrected chi connectivity index (χ3v) is 5.05. The molecular formula is C16H20IN. The molecule has 0 aliphatic heterocycles. The molecule has 1 N–H and O–H groups in total. The third-order valence-electron chi connectivity index (χ3n) is 4.37. The molecule has 1 aromatic carbocycles. The van der Waals surface area contributed by atoms with Crippen LogP contribution in [0.15, 0.2) is 18.2 Å². The van der Waals surface area contributed by atoms with Crippen molar-refractivity contribution in [2.75, 3.05) is 0 Å². The second-order valence-corrected chi connectivity index (χ2v) is 7.82. The first kappa shape index (κ1) is 12.5. The Bertz CT molecular complexity index is 589. The third kappa shape index (κ3) is 2.09. The second kappa shape index (κ2) is 4.26. The van der Waals surface area contributed by atoms with Gasteiger partial charge < -0.3 is 4.98 Å². The number of fused-ring (bicyclic) bond motifs is 3. The van der Waals surface area contributed by atoms with Crippen LogP contribution in [0.2, 0.25) is 0 Å². The second-order valence-electron chi connectivity index (χ2n) is 6.58. The van der Waals surface area contributed by atoms with Crippen molar-refractivity contribution >= 4 is 33.5 Å². The smallest absolute Gasteiger partial charge is 0.0459 e. The molecule has 1 nitrogen and oxygen atoms in total. The van der Waals surface area contributed by atoms with E-state index in [0.29, 0.717) is 5.41 Å². The number of aromatic amines is 1. The maximum atomic E-state index is 3.61. The Morgan fingerprint density at radius 1 is 1.28 bits per heavy atom. The van der Waals surface area contributed by atoms with Gasteiger partial charge in [0.2, 0.25) is 0 Å². The van der Waals surface area contributed by atoms with Crippen LogP contribution in [-0.4, -0.2) is 4.98 Å². The Morgan fingerprint density at radius 3 is 2.78 bits per heavy atom. The number of hydrogen-bond acceptors (Lipinski definition) is 0. The zero-order chi connectivity index (χ0) is 12.9. The molecule has 0 saturated carbocycles. The van der Waals surface area contributed by atoms with Gasteiger partial charge >= 0.3 is 0 Å². The molecule has 1 aliphatic rings. The summed E-state index contributed by atoms with van der Waals surface area (Å²) in [6, 6.07) is 6.74. The van der Waals surface area contributed by atoms with E-state index >= 15 is 0 Å². The molecule has 2 aromatic rings. The zero-order valence-electron chi connectivity index (χ0n) is 11.3. The van der Waals surface area contributed by atoms with Crippen LogP contribution in [-0.2, 0) is 12.8 Å². The van der Waals surface area contributed by atoms with E-state index in [1.54, 1.807) is 5.56 Å². The van der Waals surface area contributed by atoms with Crippen molar-refractivity contribution < 1.29 is 0 Å². The Kier molecular flexibility index (Phi) is 2.96. The van der Waals surface area contributed by atoms with Gasteiger partial charge in [0.25, 0.3) is 0 Å². The van der Waals surface area contributed by atoms with Crippen LogP contribution >= 0.6 is 22.6 Å². The molecular weight excluding hydrogens is 333 g/mol. The summed E-state index contributed by atoms with van der Waals surface area (Å²) in [5.74, 6) is 0.807. The molecule has 0 fully saturated rings. The minimum absolute atomic E-state index is 0.420. The summed E-state index contributed by atoms with van der Waals surface area (Å²) in [7, 11) is 0. The van der Waals surface area contributed by atoms with Gasteiger partial charge in [-0.3, -0.25) is 0 Å². The molecule has 1 atom stereocenters. The van der Waals surface area contributed by atoms with Gasteiger partial charge in [-0.2, -0.15) is 0 Å². The van der Waals surface area contributed by atoms with E-state index in [4.69, 9.17) is 0 Å². The SMILES string of the molecule is CC(C)(C)C1CCc2[nH]c3ccc(I)cc3c2C1. The number of halogens is 1. The summed E-state index contributed by atoms with van der Waals surface area (Å²) in [6.07, 6.45) is 3.77. The lowest BCUT2D eigenvalue weighted by Crippen LogP contribution is -2.26. The van der Waals surface area contributed by atoms with Crippen LogP contribution in [0.25, 0.3) is 10.9 Å². The topological polar surface area (TPSA) is 15.8 Å². The van der Waals surface area contributed by atoms with E-state index in [0.717, 1.165) is 5.92 Å². The van der Waals surface area contributed by atoms with E-state index in [9.17, 15) is 0 Å². The monoisotopic (exact) mass is 353 g/mol. The van der Waals surface area contributed by atoms with E-state index in [2.05, 4.69) is 66.5 Å². The van der Waals surface area contributed by atoms with E-state index in [1.165, 1.54) is 39.4 Å². The molecule has 1 aromatic heterocycles. The normalized spacial score (nSPS) is 20.1. The van der Waals surface area contributed by atoms with Crippen molar-refractivity contribution in [1.29, 1.82) is 0 Å². The molecule has 18 heavy (non-hydrogen) atoms. The van der Waals surface area contributed by atoms with E-state index < -0.39 is 0 Å². The summed E-state index contributed by atoms with van der Waals surface area (Å²) >= 11 is 2.41. The van der Waals surface area contributed by atoms with Gasteiger partial charge in [0.15, 0.2) is 0 Å². The lowest BCUT2D eigenvalue weighted by molar-refractivity contribution is 0.216. The first-order chi connectivity index (χ1) is 8.45. The van der Waals surface area contributed by atoms with Gasteiger partial charge in [-0.15, -0.1) is 0 Å². The maximum Gasteiger partial charge on any atom is 0.0459 e. The fourth-order valence-corrected chi connectivity index (χ4v) is 3.62. The quantitative estimate of drug-likeness (QED) is 0.647. The average Bonchev–Trinajstić information content (AvgIpc) is 2.65. The molecule has 1 unspecified atom stereocenters. The van der Waals surface area contributed by atoms with Gasteiger partial charge in [-0.1, -0.05) is 20.8 Å². The number of nitrogens with one attached hydrogen (secondary N) is 1. The average molecular weight is 353 g/mol. The largest absolute Gasteiger partial charge is 0.358 e. The standard InChI is InChI=1S/C16H20IN/c1-16(2,3)10-4-6-14-12(8-10)13-9-11(17)5-7-15(13)18-14/h5,7,9-10,18H,4,6,8H2,1-3H3. The summed E-state index contributed by atoms with van der Waals surface area (Å²) in [5.41, 5.74) is 4.79. The first-order valence-electron chi connectivity index (χ1n) is 6.74. The minimum atomic E-state index is 0.420. The molecule has 0 bridgehead atoms. The number of aryl methyl sites for hydroxylation is 1. The summed E-state index contributed by atoms with van der Waals surface area (Å²) in [6.45, 7) is 7.13. The summed E-state index contributed by atoms with van der Waals surface area (Å²) < 4.78 is 1.33. The molecule has 0 spiro atoms. The molecule has 1 heterocycles. The van der Waals surface area contributed by atoms with Crippen molar-refractivity contribution in [1.82, 2.24) is 4.98 Å². The molecule has 96 valence electrons.